The minimum Gasteiger partial charge on any atom is -0.370 e. The third kappa shape index (κ3) is 4.59. The molecule has 0 spiro atoms. The number of nitrogens with zero attached hydrogens (tertiary/aromatic N) is 2. The zero-order valence-electron chi connectivity index (χ0n) is 14.5. The molecule has 138 valence electrons. The molecule has 0 unspecified atom stereocenters. The van der Waals surface area contributed by atoms with Crippen molar-refractivity contribution in [2.45, 2.75) is 30.6 Å². The lowest BCUT2D eigenvalue weighted by atomic mass is 9.90. The van der Waals surface area contributed by atoms with Gasteiger partial charge in [-0.3, -0.25) is 9.98 Å². The van der Waals surface area contributed by atoms with Crippen molar-refractivity contribution in [3.63, 3.8) is 0 Å². The van der Waals surface area contributed by atoms with Crippen LogP contribution in [-0.2, 0) is 22.9 Å². The molecule has 8 heteroatoms. The molecule has 1 aromatic heterocycles. The van der Waals surface area contributed by atoms with Crippen LogP contribution in [0.5, 0.6) is 0 Å². The monoisotopic (exact) mass is 373 g/mol. The predicted molar refractivity (Wildman–Crippen MR) is 103 cm³/mol. The summed E-state index contributed by atoms with van der Waals surface area (Å²) >= 11 is 0. The minimum atomic E-state index is -3.57. The fourth-order valence-electron chi connectivity index (χ4n) is 3.02. The molecule has 0 bridgehead atoms. The van der Waals surface area contributed by atoms with Gasteiger partial charge in [0.15, 0.2) is 5.96 Å². The van der Waals surface area contributed by atoms with Crippen molar-refractivity contribution in [1.82, 2.24) is 9.71 Å². The number of aromatic nitrogens is 1. The van der Waals surface area contributed by atoms with E-state index >= 15 is 0 Å². The number of hydrogen-bond donors (Lipinski definition) is 3. The molecule has 0 saturated carbocycles. The second kappa shape index (κ2) is 8.29. The van der Waals surface area contributed by atoms with Crippen LogP contribution in [0.1, 0.15) is 24.0 Å². The van der Waals surface area contributed by atoms with Crippen LogP contribution in [0, 0.1) is 0 Å². The number of nitrogens with two attached hydrogens (primary N) is 1. The summed E-state index contributed by atoms with van der Waals surface area (Å²) in [5, 5.41) is 3.14. The van der Waals surface area contributed by atoms with E-state index in [0.717, 1.165) is 18.5 Å². The number of aliphatic imine (C=N–C) groups is 1. The van der Waals surface area contributed by atoms with Crippen molar-refractivity contribution >= 4 is 21.7 Å². The first-order valence-electron chi connectivity index (χ1n) is 8.64. The van der Waals surface area contributed by atoms with Gasteiger partial charge in [0.05, 0.1) is 6.54 Å². The summed E-state index contributed by atoms with van der Waals surface area (Å²) in [7, 11) is -3.57. The molecule has 1 aliphatic rings. The number of sulfonamides is 1. The van der Waals surface area contributed by atoms with E-state index in [4.69, 9.17) is 5.73 Å². The normalized spacial score (nSPS) is 14.7. The van der Waals surface area contributed by atoms with E-state index in [2.05, 4.69) is 26.1 Å². The summed E-state index contributed by atoms with van der Waals surface area (Å²) in [6, 6.07) is 9.24. The van der Waals surface area contributed by atoms with Crippen LogP contribution in [0.3, 0.4) is 0 Å². The van der Waals surface area contributed by atoms with Gasteiger partial charge in [0.1, 0.15) is 4.90 Å². The Morgan fingerprint density at radius 1 is 1.19 bits per heavy atom. The van der Waals surface area contributed by atoms with Crippen molar-refractivity contribution in [1.29, 1.82) is 0 Å². The molecule has 7 nitrogen and oxygen atoms in total. The maximum atomic E-state index is 12.1. The van der Waals surface area contributed by atoms with Crippen LogP contribution < -0.4 is 15.8 Å². The lowest BCUT2D eigenvalue weighted by Crippen LogP contribution is -2.29. The van der Waals surface area contributed by atoms with Crippen LogP contribution in [0.25, 0.3) is 0 Å². The molecule has 2 aromatic rings. The predicted octanol–water partition coefficient (Wildman–Crippen LogP) is 1.67. The van der Waals surface area contributed by atoms with E-state index < -0.39 is 10.0 Å². The van der Waals surface area contributed by atoms with Crippen LogP contribution in [-0.4, -0.2) is 32.5 Å². The summed E-state index contributed by atoms with van der Waals surface area (Å²) in [5.41, 5.74) is 9.60. The number of anilines is 1. The van der Waals surface area contributed by atoms with Gasteiger partial charge in [0, 0.05) is 24.6 Å². The Morgan fingerprint density at radius 2 is 2.04 bits per heavy atom. The zero-order valence-corrected chi connectivity index (χ0v) is 15.3. The summed E-state index contributed by atoms with van der Waals surface area (Å²) in [5.74, 6) is 0.282. The maximum Gasteiger partial charge on any atom is 0.242 e. The Bertz CT molecular complexity index is 882. The lowest BCUT2D eigenvalue weighted by molar-refractivity contribution is 0.582. The smallest absolute Gasteiger partial charge is 0.242 e. The third-order valence-electron chi connectivity index (χ3n) is 4.29. The molecule has 0 amide bonds. The maximum absolute atomic E-state index is 12.1. The van der Waals surface area contributed by atoms with Crippen molar-refractivity contribution in [2.75, 3.05) is 18.4 Å². The van der Waals surface area contributed by atoms with Gasteiger partial charge in [-0.05, 0) is 55.0 Å². The molecule has 3 rings (SSSR count). The first kappa shape index (κ1) is 18.3. The highest BCUT2D eigenvalue weighted by Crippen LogP contribution is 2.27. The zero-order chi connectivity index (χ0) is 18.4. The molecule has 0 atom stereocenters. The second-order valence-electron chi connectivity index (χ2n) is 6.13. The Morgan fingerprint density at radius 3 is 2.85 bits per heavy atom. The SMILES string of the molecule is NC(=NCCNS(=O)(=O)c1cccnc1)Nc1cccc2c1CCCC2. The van der Waals surface area contributed by atoms with Crippen LogP contribution in [0.4, 0.5) is 5.69 Å². The first-order chi connectivity index (χ1) is 12.6. The Balaban J connectivity index is 1.55. The molecule has 4 N–H and O–H groups in total. The van der Waals surface area contributed by atoms with E-state index in [1.165, 1.54) is 42.4 Å². The molecule has 0 saturated heterocycles. The van der Waals surface area contributed by atoms with E-state index in [-0.39, 0.29) is 23.9 Å². The standard InChI is InChI=1S/C18H23N5O2S/c19-18(23-17-9-3-6-14-5-1-2-8-16(14)17)21-11-12-22-26(24,25)15-7-4-10-20-13-15/h3-4,6-7,9-10,13,22H,1-2,5,8,11-12H2,(H3,19,21,23). The fraction of sp³-hybridized carbons (Fsp3) is 0.333. The molecular formula is C18H23N5O2S. The number of rotatable bonds is 6. The average molecular weight is 373 g/mol. The van der Waals surface area contributed by atoms with Gasteiger partial charge in [-0.1, -0.05) is 12.1 Å². The quantitative estimate of drug-likeness (QED) is 0.405. The fourth-order valence-corrected chi connectivity index (χ4v) is 4.01. The largest absolute Gasteiger partial charge is 0.370 e. The number of guanidine groups is 1. The summed E-state index contributed by atoms with van der Waals surface area (Å²) in [4.78, 5) is 8.15. The van der Waals surface area contributed by atoms with Crippen LogP contribution in [0.2, 0.25) is 0 Å². The number of benzene rings is 1. The van der Waals surface area contributed by atoms with E-state index in [0.29, 0.717) is 0 Å². The van der Waals surface area contributed by atoms with E-state index in [1.807, 2.05) is 12.1 Å². The third-order valence-corrected chi connectivity index (χ3v) is 5.74. The number of hydrogen-bond acceptors (Lipinski definition) is 4. The van der Waals surface area contributed by atoms with Gasteiger partial charge in [-0.2, -0.15) is 0 Å². The summed E-state index contributed by atoms with van der Waals surface area (Å²) in [6.07, 6.45) is 7.36. The van der Waals surface area contributed by atoms with Gasteiger partial charge in [0.2, 0.25) is 10.0 Å². The molecular weight excluding hydrogens is 350 g/mol. The summed E-state index contributed by atoms with van der Waals surface area (Å²) in [6.45, 7) is 0.403. The van der Waals surface area contributed by atoms with E-state index in [1.54, 1.807) is 6.07 Å². The average Bonchev–Trinajstić information content (AvgIpc) is 2.66. The molecule has 0 fully saturated rings. The first-order valence-corrected chi connectivity index (χ1v) is 10.1. The topological polar surface area (TPSA) is 109 Å². The second-order valence-corrected chi connectivity index (χ2v) is 7.90. The Labute approximate surface area is 153 Å². The van der Waals surface area contributed by atoms with Crippen molar-refractivity contribution < 1.29 is 8.42 Å². The lowest BCUT2D eigenvalue weighted by Gasteiger charge is -2.19. The van der Waals surface area contributed by atoms with E-state index in [9.17, 15) is 8.42 Å². The number of nitrogens with one attached hydrogen (secondary N) is 2. The molecule has 26 heavy (non-hydrogen) atoms. The Hall–Kier alpha value is -2.45. The van der Waals surface area contributed by atoms with Crippen molar-refractivity contribution in [3.05, 3.63) is 53.9 Å². The van der Waals surface area contributed by atoms with Crippen molar-refractivity contribution in [3.8, 4) is 0 Å². The van der Waals surface area contributed by atoms with Gasteiger partial charge in [0.25, 0.3) is 0 Å². The van der Waals surface area contributed by atoms with Gasteiger partial charge < -0.3 is 11.1 Å². The highest BCUT2D eigenvalue weighted by Gasteiger charge is 2.14. The van der Waals surface area contributed by atoms with Gasteiger partial charge in [-0.15, -0.1) is 0 Å². The van der Waals surface area contributed by atoms with Crippen molar-refractivity contribution in [2.24, 2.45) is 10.7 Å². The minimum absolute atomic E-state index is 0.131. The van der Waals surface area contributed by atoms with Crippen LogP contribution in [0.15, 0.2) is 52.6 Å². The highest BCUT2D eigenvalue weighted by molar-refractivity contribution is 7.89. The number of aryl methyl sites for hydroxylation is 1. The Kier molecular flexibility index (Phi) is 5.85. The van der Waals surface area contributed by atoms with Gasteiger partial charge in [-0.25, -0.2) is 13.1 Å². The molecule has 0 radical (unpaired) electrons. The molecule has 1 aromatic carbocycles. The highest BCUT2D eigenvalue weighted by atomic mass is 32.2. The number of pyridine rings is 1. The summed E-state index contributed by atoms with van der Waals surface area (Å²) < 4.78 is 26.7. The number of fused-ring (bicyclic) bond motifs is 1. The van der Waals surface area contributed by atoms with Crippen LogP contribution >= 0.6 is 0 Å². The molecule has 1 aliphatic carbocycles. The molecule has 0 aliphatic heterocycles. The van der Waals surface area contributed by atoms with Gasteiger partial charge >= 0.3 is 0 Å². The molecule has 1 heterocycles.